The highest BCUT2D eigenvalue weighted by molar-refractivity contribution is 5.85. The summed E-state index contributed by atoms with van der Waals surface area (Å²) in [6.45, 7) is 5.49. The van der Waals surface area contributed by atoms with Crippen molar-refractivity contribution in [2.24, 2.45) is 0 Å². The van der Waals surface area contributed by atoms with Crippen LogP contribution >= 0.6 is 12.4 Å². The van der Waals surface area contributed by atoms with Crippen LogP contribution in [0, 0.1) is 6.92 Å². The zero-order valence-corrected chi connectivity index (χ0v) is 15.4. The van der Waals surface area contributed by atoms with Gasteiger partial charge in [-0.15, -0.1) is 12.4 Å². The van der Waals surface area contributed by atoms with Crippen molar-refractivity contribution in [2.45, 2.75) is 26.2 Å². The van der Waals surface area contributed by atoms with Gasteiger partial charge in [-0.05, 0) is 32.5 Å². The molecule has 1 aromatic carbocycles. The number of hydrogen-bond acceptors (Lipinski definition) is 3. The van der Waals surface area contributed by atoms with Gasteiger partial charge in [0.2, 0.25) is 11.8 Å². The number of benzene rings is 1. The fourth-order valence-electron chi connectivity index (χ4n) is 2.77. The van der Waals surface area contributed by atoms with E-state index in [0.717, 1.165) is 18.5 Å². The molecule has 1 fully saturated rings. The number of carbonyl (C=O) groups is 2. The number of amides is 2. The maximum atomic E-state index is 12.4. The molecule has 0 aliphatic carbocycles. The number of nitrogens with zero attached hydrogens (tertiary/aromatic N) is 2. The average molecular weight is 354 g/mol. The third-order valence-corrected chi connectivity index (χ3v) is 4.28. The summed E-state index contributed by atoms with van der Waals surface area (Å²) in [5, 5.41) is 3.05. The van der Waals surface area contributed by atoms with E-state index in [2.05, 4.69) is 5.32 Å². The Hall–Kier alpha value is -1.59. The molecule has 2 rings (SSSR count). The summed E-state index contributed by atoms with van der Waals surface area (Å²) in [7, 11) is 1.89. The Bertz CT molecular complexity index is 526. The summed E-state index contributed by atoms with van der Waals surface area (Å²) in [6.07, 6.45) is 1.89. The number of nitrogens with one attached hydrogen (secondary N) is 1. The molecule has 0 bridgehead atoms. The van der Waals surface area contributed by atoms with Gasteiger partial charge in [-0.25, -0.2) is 0 Å². The Morgan fingerprint density at radius 3 is 2.08 bits per heavy atom. The van der Waals surface area contributed by atoms with Crippen LogP contribution in [0.5, 0.6) is 0 Å². The van der Waals surface area contributed by atoms with Crippen LogP contribution in [0.3, 0.4) is 0 Å². The predicted octanol–water partition coefficient (Wildman–Crippen LogP) is 1.63. The molecule has 2 amide bonds. The summed E-state index contributed by atoms with van der Waals surface area (Å²) < 4.78 is 0. The van der Waals surface area contributed by atoms with Gasteiger partial charge in [0.05, 0.1) is 6.42 Å². The van der Waals surface area contributed by atoms with E-state index in [-0.39, 0.29) is 24.2 Å². The summed E-state index contributed by atoms with van der Waals surface area (Å²) in [6, 6.07) is 8.08. The molecule has 1 aliphatic rings. The zero-order chi connectivity index (χ0) is 16.7. The second kappa shape index (κ2) is 10.3. The Kier molecular flexibility index (Phi) is 8.79. The van der Waals surface area contributed by atoms with Crippen molar-refractivity contribution < 1.29 is 9.59 Å². The van der Waals surface area contributed by atoms with E-state index in [1.54, 1.807) is 0 Å². The van der Waals surface area contributed by atoms with Gasteiger partial charge in [-0.3, -0.25) is 9.59 Å². The van der Waals surface area contributed by atoms with E-state index >= 15 is 0 Å². The number of piperazine rings is 1. The lowest BCUT2D eigenvalue weighted by Gasteiger charge is -2.35. The lowest BCUT2D eigenvalue weighted by molar-refractivity contribution is -0.139. The molecule has 1 N–H and O–H groups in total. The molecule has 1 aromatic rings. The topological polar surface area (TPSA) is 52.7 Å². The third-order valence-electron chi connectivity index (χ3n) is 4.28. The maximum Gasteiger partial charge on any atom is 0.227 e. The van der Waals surface area contributed by atoms with Gasteiger partial charge in [-0.2, -0.15) is 0 Å². The van der Waals surface area contributed by atoms with E-state index < -0.39 is 0 Å². The monoisotopic (exact) mass is 353 g/mol. The number of rotatable bonds is 6. The van der Waals surface area contributed by atoms with Crippen LogP contribution < -0.4 is 5.32 Å². The van der Waals surface area contributed by atoms with E-state index in [1.165, 1.54) is 5.56 Å². The minimum atomic E-state index is 0. The third kappa shape index (κ3) is 6.13. The fourth-order valence-corrected chi connectivity index (χ4v) is 2.77. The first kappa shape index (κ1) is 20.5. The molecule has 24 heavy (non-hydrogen) atoms. The first-order chi connectivity index (χ1) is 11.1. The molecule has 1 saturated heterocycles. The van der Waals surface area contributed by atoms with Gasteiger partial charge < -0.3 is 15.1 Å². The zero-order valence-electron chi connectivity index (χ0n) is 14.6. The lowest BCUT2D eigenvalue weighted by atomic mass is 10.1. The highest BCUT2D eigenvalue weighted by atomic mass is 35.5. The van der Waals surface area contributed by atoms with Crippen molar-refractivity contribution in [3.05, 3.63) is 35.4 Å². The number of hydrogen-bond donors (Lipinski definition) is 1. The number of halogens is 1. The Morgan fingerprint density at radius 2 is 1.54 bits per heavy atom. The average Bonchev–Trinajstić information content (AvgIpc) is 2.57. The van der Waals surface area contributed by atoms with E-state index in [4.69, 9.17) is 0 Å². The summed E-state index contributed by atoms with van der Waals surface area (Å²) >= 11 is 0. The van der Waals surface area contributed by atoms with Crippen LogP contribution in [0.15, 0.2) is 24.3 Å². The maximum absolute atomic E-state index is 12.4. The Morgan fingerprint density at radius 1 is 1.00 bits per heavy atom. The summed E-state index contributed by atoms with van der Waals surface area (Å²) in [5.41, 5.74) is 2.25. The van der Waals surface area contributed by atoms with Gasteiger partial charge in [0.15, 0.2) is 0 Å². The van der Waals surface area contributed by atoms with Gasteiger partial charge >= 0.3 is 0 Å². The normalized spacial score (nSPS) is 14.2. The molecular weight excluding hydrogens is 326 g/mol. The predicted molar refractivity (Wildman–Crippen MR) is 98.5 cm³/mol. The quantitative estimate of drug-likeness (QED) is 0.791. The van der Waals surface area contributed by atoms with Crippen LogP contribution in [-0.4, -0.2) is 61.4 Å². The van der Waals surface area contributed by atoms with Crippen LogP contribution in [0.1, 0.15) is 24.0 Å². The van der Waals surface area contributed by atoms with E-state index in [9.17, 15) is 9.59 Å². The lowest BCUT2D eigenvalue weighted by Crippen LogP contribution is -2.51. The smallest absolute Gasteiger partial charge is 0.227 e. The highest BCUT2D eigenvalue weighted by Gasteiger charge is 2.23. The van der Waals surface area contributed by atoms with Gasteiger partial charge in [0, 0.05) is 32.6 Å². The number of carbonyl (C=O) groups excluding carboxylic acids is 2. The molecule has 6 heteroatoms. The molecule has 0 atom stereocenters. The summed E-state index contributed by atoms with van der Waals surface area (Å²) in [5.74, 6) is 0.349. The highest BCUT2D eigenvalue weighted by Crippen LogP contribution is 2.09. The Balaban J connectivity index is 0.00000288. The molecule has 0 saturated carbocycles. The first-order valence-corrected chi connectivity index (χ1v) is 8.36. The fraction of sp³-hybridized carbons (Fsp3) is 0.556. The SMILES string of the molecule is CNCCCC(=O)N1CCN(C(=O)Cc2ccc(C)cc2)CC1.Cl. The van der Waals surface area contributed by atoms with E-state index in [1.807, 2.05) is 48.0 Å². The molecular formula is C18H28ClN3O2. The van der Waals surface area contributed by atoms with Crippen molar-refractivity contribution in [2.75, 3.05) is 39.8 Å². The van der Waals surface area contributed by atoms with Crippen LogP contribution in [0.25, 0.3) is 0 Å². The molecule has 0 aromatic heterocycles. The molecule has 0 unspecified atom stereocenters. The van der Waals surface area contributed by atoms with Crippen LogP contribution in [0.4, 0.5) is 0 Å². The first-order valence-electron chi connectivity index (χ1n) is 8.36. The molecule has 0 spiro atoms. The Labute approximate surface area is 150 Å². The summed E-state index contributed by atoms with van der Waals surface area (Å²) in [4.78, 5) is 28.2. The van der Waals surface area contributed by atoms with Crippen molar-refractivity contribution in [3.8, 4) is 0 Å². The minimum Gasteiger partial charge on any atom is -0.339 e. The molecule has 134 valence electrons. The molecule has 1 aliphatic heterocycles. The van der Waals surface area contributed by atoms with E-state index in [0.29, 0.717) is 39.0 Å². The van der Waals surface area contributed by atoms with Crippen LogP contribution in [0.2, 0.25) is 0 Å². The van der Waals surface area contributed by atoms with Crippen molar-refractivity contribution in [3.63, 3.8) is 0 Å². The molecule has 1 heterocycles. The second-order valence-electron chi connectivity index (χ2n) is 6.13. The largest absolute Gasteiger partial charge is 0.339 e. The number of aryl methyl sites for hydroxylation is 1. The minimum absolute atomic E-state index is 0. The van der Waals surface area contributed by atoms with Gasteiger partial charge in [0.1, 0.15) is 0 Å². The molecule has 0 radical (unpaired) electrons. The standard InChI is InChI=1S/C18H27N3O2.ClH/c1-15-5-7-16(8-6-15)14-18(23)21-12-10-20(11-13-21)17(22)4-3-9-19-2;/h5-8,19H,3-4,9-14H2,1-2H3;1H. The van der Waals surface area contributed by atoms with Crippen molar-refractivity contribution in [1.82, 2.24) is 15.1 Å². The van der Waals surface area contributed by atoms with Crippen LogP contribution in [-0.2, 0) is 16.0 Å². The van der Waals surface area contributed by atoms with Crippen molar-refractivity contribution in [1.29, 1.82) is 0 Å². The van der Waals surface area contributed by atoms with Crippen molar-refractivity contribution >= 4 is 24.2 Å². The molecule has 5 nitrogen and oxygen atoms in total. The van der Waals surface area contributed by atoms with Gasteiger partial charge in [-0.1, -0.05) is 29.8 Å². The second-order valence-corrected chi connectivity index (χ2v) is 6.13. The van der Waals surface area contributed by atoms with Gasteiger partial charge in [0.25, 0.3) is 0 Å².